The van der Waals surface area contributed by atoms with Crippen molar-refractivity contribution in [2.45, 2.75) is 10.1 Å². The molecule has 4 nitrogen and oxygen atoms in total. The van der Waals surface area contributed by atoms with Crippen LogP contribution in [0, 0.1) is 0 Å². The summed E-state index contributed by atoms with van der Waals surface area (Å²) in [4.78, 5) is 0. The summed E-state index contributed by atoms with van der Waals surface area (Å²) in [6.07, 6.45) is 0. The number of nitrogens with zero attached hydrogens (tertiary/aromatic N) is 2. The van der Waals surface area contributed by atoms with Gasteiger partial charge in [-0.15, -0.1) is 10.2 Å². The average Bonchev–Trinajstić information content (AvgIpc) is 3.01. The number of nitrogens with one attached hydrogen (secondary N) is 1. The van der Waals surface area contributed by atoms with Gasteiger partial charge in [-0.25, -0.2) is 0 Å². The Balaban J connectivity index is 1.62. The maximum atomic E-state index is 5.36. The molecule has 1 heterocycles. The average molecular weight is 329 g/mol. The van der Waals surface area contributed by atoms with Crippen LogP contribution < -0.4 is 10.1 Å². The van der Waals surface area contributed by atoms with Gasteiger partial charge in [-0.1, -0.05) is 59.5 Å². The van der Waals surface area contributed by atoms with E-state index in [9.17, 15) is 0 Å². The van der Waals surface area contributed by atoms with Gasteiger partial charge in [-0.3, -0.25) is 0 Å². The van der Waals surface area contributed by atoms with Crippen molar-refractivity contribution in [2.24, 2.45) is 0 Å². The van der Waals surface area contributed by atoms with Gasteiger partial charge < -0.3 is 10.1 Å². The molecular weight excluding hydrogens is 314 g/mol. The molecule has 0 amide bonds. The quantitative estimate of drug-likeness (QED) is 0.671. The Labute approximate surface area is 137 Å². The SMILES string of the molecule is COc1ccccc1CSc1nnc(Nc2ccccc2)s1. The standard InChI is InChI=1S/C16H15N3OS2/c1-20-14-10-6-5-7-12(14)11-21-16-19-18-15(22-16)17-13-8-3-2-4-9-13/h2-10H,11H2,1H3,(H,17,18). The summed E-state index contributed by atoms with van der Waals surface area (Å²) in [5.41, 5.74) is 2.17. The molecule has 0 aliphatic rings. The number of methoxy groups -OCH3 is 1. The molecule has 112 valence electrons. The van der Waals surface area contributed by atoms with Gasteiger partial charge in [0.15, 0.2) is 4.34 Å². The van der Waals surface area contributed by atoms with Gasteiger partial charge in [0.05, 0.1) is 7.11 Å². The zero-order chi connectivity index (χ0) is 15.2. The number of hydrogen-bond donors (Lipinski definition) is 1. The number of anilines is 2. The molecule has 0 saturated heterocycles. The van der Waals surface area contributed by atoms with Gasteiger partial charge in [0, 0.05) is 17.0 Å². The van der Waals surface area contributed by atoms with Gasteiger partial charge in [-0.05, 0) is 18.2 Å². The minimum atomic E-state index is 0.800. The number of para-hydroxylation sites is 2. The van der Waals surface area contributed by atoms with E-state index < -0.39 is 0 Å². The highest BCUT2D eigenvalue weighted by Crippen LogP contribution is 2.32. The molecule has 1 aromatic heterocycles. The van der Waals surface area contributed by atoms with Crippen molar-refractivity contribution < 1.29 is 4.74 Å². The number of benzene rings is 2. The molecule has 0 atom stereocenters. The second-order valence-electron chi connectivity index (χ2n) is 4.46. The van der Waals surface area contributed by atoms with E-state index in [-0.39, 0.29) is 0 Å². The number of thioether (sulfide) groups is 1. The number of hydrogen-bond acceptors (Lipinski definition) is 6. The fraction of sp³-hybridized carbons (Fsp3) is 0.125. The lowest BCUT2D eigenvalue weighted by Gasteiger charge is -2.06. The first kappa shape index (κ1) is 14.9. The molecule has 0 aliphatic carbocycles. The minimum Gasteiger partial charge on any atom is -0.496 e. The smallest absolute Gasteiger partial charge is 0.210 e. The summed E-state index contributed by atoms with van der Waals surface area (Å²) in [6, 6.07) is 18.0. The first-order chi connectivity index (χ1) is 10.8. The van der Waals surface area contributed by atoms with Gasteiger partial charge in [0.25, 0.3) is 0 Å². The molecule has 0 saturated carbocycles. The Morgan fingerprint density at radius 2 is 1.82 bits per heavy atom. The molecular formula is C16H15N3OS2. The lowest BCUT2D eigenvalue weighted by Crippen LogP contribution is -1.89. The highest BCUT2D eigenvalue weighted by molar-refractivity contribution is 8.00. The van der Waals surface area contributed by atoms with E-state index in [4.69, 9.17) is 4.74 Å². The third-order valence-corrected chi connectivity index (χ3v) is 5.00. The third-order valence-electron chi connectivity index (χ3n) is 2.98. The second-order valence-corrected chi connectivity index (χ2v) is 6.66. The van der Waals surface area contributed by atoms with Crippen LogP contribution in [0.2, 0.25) is 0 Å². The van der Waals surface area contributed by atoms with E-state index >= 15 is 0 Å². The third kappa shape index (κ3) is 3.78. The molecule has 0 radical (unpaired) electrons. The highest BCUT2D eigenvalue weighted by Gasteiger charge is 2.07. The van der Waals surface area contributed by atoms with Crippen molar-refractivity contribution in [3.63, 3.8) is 0 Å². The van der Waals surface area contributed by atoms with Crippen LogP contribution in [0.4, 0.5) is 10.8 Å². The lowest BCUT2D eigenvalue weighted by atomic mass is 10.2. The number of aromatic nitrogens is 2. The van der Waals surface area contributed by atoms with Crippen LogP contribution in [0.15, 0.2) is 58.9 Å². The van der Waals surface area contributed by atoms with Crippen molar-refractivity contribution in [1.82, 2.24) is 10.2 Å². The van der Waals surface area contributed by atoms with Gasteiger partial charge in [0.1, 0.15) is 5.75 Å². The summed E-state index contributed by atoms with van der Waals surface area (Å²) in [6.45, 7) is 0. The molecule has 0 bridgehead atoms. The predicted octanol–water partition coefficient (Wildman–Crippen LogP) is 4.58. The summed E-state index contributed by atoms with van der Waals surface area (Å²) < 4.78 is 6.29. The second kappa shape index (κ2) is 7.29. The predicted molar refractivity (Wildman–Crippen MR) is 92.2 cm³/mol. The van der Waals surface area contributed by atoms with E-state index in [2.05, 4.69) is 21.6 Å². The topological polar surface area (TPSA) is 47.0 Å². The van der Waals surface area contributed by atoms with E-state index in [0.29, 0.717) is 0 Å². The van der Waals surface area contributed by atoms with Crippen LogP contribution in [-0.4, -0.2) is 17.3 Å². The van der Waals surface area contributed by atoms with E-state index in [1.165, 1.54) is 0 Å². The summed E-state index contributed by atoms with van der Waals surface area (Å²) in [7, 11) is 1.69. The van der Waals surface area contributed by atoms with Crippen LogP contribution >= 0.6 is 23.1 Å². The van der Waals surface area contributed by atoms with Crippen LogP contribution in [0.25, 0.3) is 0 Å². The first-order valence-corrected chi connectivity index (χ1v) is 8.55. The van der Waals surface area contributed by atoms with Crippen molar-refractivity contribution >= 4 is 33.9 Å². The van der Waals surface area contributed by atoms with Crippen molar-refractivity contribution in [2.75, 3.05) is 12.4 Å². The molecule has 3 aromatic rings. The monoisotopic (exact) mass is 329 g/mol. The number of ether oxygens (including phenoxy) is 1. The van der Waals surface area contributed by atoms with E-state index in [1.54, 1.807) is 30.2 Å². The zero-order valence-electron chi connectivity index (χ0n) is 12.0. The number of rotatable bonds is 6. The zero-order valence-corrected chi connectivity index (χ0v) is 13.7. The van der Waals surface area contributed by atoms with Crippen molar-refractivity contribution in [1.29, 1.82) is 0 Å². The van der Waals surface area contributed by atoms with E-state index in [0.717, 1.165) is 32.2 Å². The van der Waals surface area contributed by atoms with Gasteiger partial charge >= 0.3 is 0 Å². The molecule has 2 aromatic carbocycles. The molecule has 1 N–H and O–H groups in total. The van der Waals surface area contributed by atoms with Crippen LogP contribution in [0.1, 0.15) is 5.56 Å². The van der Waals surface area contributed by atoms with Crippen LogP contribution in [0.5, 0.6) is 5.75 Å². The Kier molecular flexibility index (Phi) is 4.92. The van der Waals surface area contributed by atoms with Crippen LogP contribution in [-0.2, 0) is 5.75 Å². The molecule has 6 heteroatoms. The maximum absolute atomic E-state index is 5.36. The minimum absolute atomic E-state index is 0.800. The van der Waals surface area contributed by atoms with Crippen molar-refractivity contribution in [3.05, 3.63) is 60.2 Å². The molecule has 3 rings (SSSR count). The Morgan fingerprint density at radius 3 is 2.64 bits per heavy atom. The molecule has 0 spiro atoms. The normalized spacial score (nSPS) is 10.4. The van der Waals surface area contributed by atoms with Gasteiger partial charge in [0.2, 0.25) is 5.13 Å². The summed E-state index contributed by atoms with van der Waals surface area (Å²) >= 11 is 3.21. The fourth-order valence-corrected chi connectivity index (χ4v) is 3.69. The highest BCUT2D eigenvalue weighted by atomic mass is 32.2. The largest absolute Gasteiger partial charge is 0.496 e. The van der Waals surface area contributed by atoms with Gasteiger partial charge in [-0.2, -0.15) is 0 Å². The molecule has 0 aliphatic heterocycles. The molecule has 0 fully saturated rings. The lowest BCUT2D eigenvalue weighted by molar-refractivity contribution is 0.411. The Bertz CT molecular complexity index is 731. The Morgan fingerprint density at radius 1 is 1.05 bits per heavy atom. The van der Waals surface area contributed by atoms with Crippen molar-refractivity contribution in [3.8, 4) is 5.75 Å². The molecule has 22 heavy (non-hydrogen) atoms. The maximum Gasteiger partial charge on any atom is 0.210 e. The van der Waals surface area contributed by atoms with E-state index in [1.807, 2.05) is 48.5 Å². The Hall–Kier alpha value is -2.05. The van der Waals surface area contributed by atoms with Crippen LogP contribution in [0.3, 0.4) is 0 Å². The fourth-order valence-electron chi connectivity index (χ4n) is 1.93. The molecule has 0 unspecified atom stereocenters. The summed E-state index contributed by atoms with van der Waals surface area (Å²) in [5.74, 6) is 1.71. The summed E-state index contributed by atoms with van der Waals surface area (Å²) in [5, 5.41) is 12.4. The first-order valence-electron chi connectivity index (χ1n) is 6.75.